The minimum atomic E-state index is -0.928. The molecule has 1 fully saturated rings. The quantitative estimate of drug-likeness (QED) is 0.250. The van der Waals surface area contributed by atoms with E-state index in [1.807, 2.05) is 45.9 Å². The van der Waals surface area contributed by atoms with E-state index in [0.29, 0.717) is 41.4 Å². The molecule has 0 bridgehead atoms. The van der Waals surface area contributed by atoms with Crippen molar-refractivity contribution in [1.82, 2.24) is 4.98 Å². The van der Waals surface area contributed by atoms with Gasteiger partial charge in [-0.05, 0) is 92.9 Å². The van der Waals surface area contributed by atoms with E-state index in [2.05, 4.69) is 11.1 Å². The molecule has 0 saturated carbocycles. The molecule has 4 rings (SSSR count). The van der Waals surface area contributed by atoms with Crippen molar-refractivity contribution in [2.45, 2.75) is 77.3 Å². The van der Waals surface area contributed by atoms with E-state index in [0.717, 1.165) is 22.2 Å². The molecule has 1 aromatic heterocycles. The highest BCUT2D eigenvalue weighted by molar-refractivity contribution is 6.62. The normalized spacial score (nSPS) is 16.3. The number of pyridine rings is 1. The lowest BCUT2D eigenvalue weighted by Gasteiger charge is -2.32. The number of hydrogen-bond donors (Lipinski definition) is 2. The van der Waals surface area contributed by atoms with Gasteiger partial charge < -0.3 is 24.3 Å². The molecule has 0 aliphatic carbocycles. The molecule has 1 saturated heterocycles. The van der Waals surface area contributed by atoms with Gasteiger partial charge in [0.1, 0.15) is 11.8 Å². The predicted octanol–water partition coefficient (Wildman–Crippen LogP) is 4.65. The summed E-state index contributed by atoms with van der Waals surface area (Å²) in [6.07, 6.45) is 0.255. The van der Waals surface area contributed by atoms with Crippen LogP contribution in [-0.2, 0) is 40.0 Å². The summed E-state index contributed by atoms with van der Waals surface area (Å²) in [4.78, 5) is 15.7. The molecule has 1 aliphatic rings. The van der Waals surface area contributed by atoms with E-state index >= 15 is 0 Å². The molecule has 3 aromatic rings. The van der Waals surface area contributed by atoms with Crippen LogP contribution in [0.4, 0.5) is 0 Å². The number of halogens is 1. The first-order valence-corrected chi connectivity index (χ1v) is 13.9. The Labute approximate surface area is 246 Å². The van der Waals surface area contributed by atoms with Crippen LogP contribution in [0.15, 0.2) is 54.6 Å². The fraction of sp³-hybridized carbons (Fsp3) is 0.387. The molecule has 0 amide bonds. The third-order valence-electron chi connectivity index (χ3n) is 7.70. The first-order chi connectivity index (χ1) is 19.4. The number of hydrogen-bond acceptors (Lipinski definition) is 7. The standard InChI is InChI=1S/C31H34BClN2O6/c1-30(2)31(3,4)41-32(40-30)25-12-10-22(17-29(37)38)21(15-25)11-13-26(36)16-24-14-20(18-34)8-9-23(24)19-39-28-7-5-6-27(33)35-28/h5-10,12,14-15,26,36H,11,13,16-17,19H2,1-4H3,(H,37,38). The average molecular weight is 577 g/mol. The van der Waals surface area contributed by atoms with Crippen LogP contribution < -0.4 is 10.2 Å². The summed E-state index contributed by atoms with van der Waals surface area (Å²) in [5, 5.41) is 30.3. The highest BCUT2D eigenvalue weighted by Crippen LogP contribution is 2.36. The summed E-state index contributed by atoms with van der Waals surface area (Å²) in [6.45, 7) is 8.12. The van der Waals surface area contributed by atoms with Gasteiger partial charge in [-0.1, -0.05) is 41.9 Å². The van der Waals surface area contributed by atoms with Crippen molar-refractivity contribution in [3.63, 3.8) is 0 Å². The fourth-order valence-electron chi connectivity index (χ4n) is 4.67. The van der Waals surface area contributed by atoms with Gasteiger partial charge in [-0.3, -0.25) is 4.79 Å². The molecule has 214 valence electrons. The minimum absolute atomic E-state index is 0.127. The molecule has 2 aromatic carbocycles. The second-order valence-corrected chi connectivity index (χ2v) is 11.7. The first-order valence-electron chi connectivity index (χ1n) is 13.5. The minimum Gasteiger partial charge on any atom is -0.481 e. The Morgan fingerprint density at radius 2 is 1.76 bits per heavy atom. The number of nitriles is 1. The number of aliphatic hydroxyl groups excluding tert-OH is 1. The summed E-state index contributed by atoms with van der Waals surface area (Å²) in [6, 6.07) is 18.1. The van der Waals surface area contributed by atoms with Crippen molar-refractivity contribution in [1.29, 1.82) is 5.26 Å². The van der Waals surface area contributed by atoms with Crippen molar-refractivity contribution in [3.8, 4) is 11.9 Å². The molecule has 2 heterocycles. The van der Waals surface area contributed by atoms with Gasteiger partial charge in [-0.2, -0.15) is 5.26 Å². The topological polar surface area (TPSA) is 122 Å². The van der Waals surface area contributed by atoms with Crippen LogP contribution in [0.1, 0.15) is 61.9 Å². The van der Waals surface area contributed by atoms with Crippen LogP contribution >= 0.6 is 11.6 Å². The van der Waals surface area contributed by atoms with Crippen molar-refractivity contribution in [2.75, 3.05) is 0 Å². The second-order valence-electron chi connectivity index (χ2n) is 11.3. The zero-order valence-corrected chi connectivity index (χ0v) is 24.4. The van der Waals surface area contributed by atoms with Gasteiger partial charge in [-0.25, -0.2) is 4.98 Å². The van der Waals surface area contributed by atoms with E-state index in [9.17, 15) is 20.3 Å². The number of carbonyl (C=O) groups is 1. The maximum absolute atomic E-state index is 11.5. The number of benzene rings is 2. The van der Waals surface area contributed by atoms with E-state index in [-0.39, 0.29) is 13.0 Å². The molecule has 2 N–H and O–H groups in total. The highest BCUT2D eigenvalue weighted by Gasteiger charge is 2.51. The highest BCUT2D eigenvalue weighted by atomic mass is 35.5. The van der Waals surface area contributed by atoms with Crippen LogP contribution in [0.3, 0.4) is 0 Å². The van der Waals surface area contributed by atoms with Gasteiger partial charge in [0, 0.05) is 6.07 Å². The molecule has 1 atom stereocenters. The van der Waals surface area contributed by atoms with Crippen LogP contribution in [0.25, 0.3) is 0 Å². The zero-order valence-electron chi connectivity index (χ0n) is 23.7. The van der Waals surface area contributed by atoms with E-state index in [1.165, 1.54) is 0 Å². The summed E-state index contributed by atoms with van der Waals surface area (Å²) in [7, 11) is -0.576. The van der Waals surface area contributed by atoms with E-state index < -0.39 is 30.4 Å². The number of rotatable bonds is 11. The van der Waals surface area contributed by atoms with Crippen LogP contribution in [0.5, 0.6) is 5.88 Å². The van der Waals surface area contributed by atoms with Crippen molar-refractivity contribution in [2.24, 2.45) is 0 Å². The first kappa shape index (κ1) is 30.5. The van der Waals surface area contributed by atoms with Gasteiger partial charge in [0.15, 0.2) is 0 Å². The summed E-state index contributed by atoms with van der Waals surface area (Å²) in [5.41, 5.74) is 3.38. The number of carboxylic acids is 1. The molecular weight excluding hydrogens is 543 g/mol. The molecule has 1 unspecified atom stereocenters. The molecule has 8 nitrogen and oxygen atoms in total. The molecule has 0 radical (unpaired) electrons. The van der Waals surface area contributed by atoms with Crippen LogP contribution in [0.2, 0.25) is 5.15 Å². The molecular formula is C31H34BClN2O6. The Morgan fingerprint density at radius 1 is 1.05 bits per heavy atom. The SMILES string of the molecule is CC1(C)OB(c2ccc(CC(=O)O)c(CCC(O)Cc3cc(C#N)ccc3COc3cccc(Cl)n3)c2)OC1(C)C. The van der Waals surface area contributed by atoms with Gasteiger partial charge in [0.2, 0.25) is 5.88 Å². The van der Waals surface area contributed by atoms with Crippen molar-refractivity contribution >= 4 is 30.2 Å². The lowest BCUT2D eigenvalue weighted by Crippen LogP contribution is -2.41. The number of carboxylic acid groups (broad SMARTS) is 1. The largest absolute Gasteiger partial charge is 0.494 e. The lowest BCUT2D eigenvalue weighted by atomic mass is 9.77. The van der Waals surface area contributed by atoms with Gasteiger partial charge in [-0.15, -0.1) is 0 Å². The summed E-state index contributed by atoms with van der Waals surface area (Å²) in [5.74, 6) is -0.552. The average Bonchev–Trinajstić information content (AvgIpc) is 3.13. The molecule has 0 spiro atoms. The summed E-state index contributed by atoms with van der Waals surface area (Å²) >= 11 is 5.96. The van der Waals surface area contributed by atoms with Gasteiger partial charge >= 0.3 is 13.1 Å². The smallest absolute Gasteiger partial charge is 0.481 e. The number of aryl methyl sites for hydroxylation is 1. The lowest BCUT2D eigenvalue weighted by molar-refractivity contribution is -0.136. The Bertz CT molecular complexity index is 1440. The number of aromatic nitrogens is 1. The zero-order chi connectivity index (χ0) is 29.8. The van der Waals surface area contributed by atoms with Crippen LogP contribution in [-0.4, -0.2) is 45.6 Å². The number of aliphatic carboxylic acids is 1. The Balaban J connectivity index is 1.49. The number of aliphatic hydroxyl groups is 1. The summed E-state index contributed by atoms with van der Waals surface area (Å²) < 4.78 is 18.2. The van der Waals surface area contributed by atoms with E-state index in [1.54, 1.807) is 36.4 Å². The predicted molar refractivity (Wildman–Crippen MR) is 156 cm³/mol. The Morgan fingerprint density at radius 3 is 2.41 bits per heavy atom. The monoisotopic (exact) mass is 576 g/mol. The maximum atomic E-state index is 11.5. The Kier molecular flexibility index (Phi) is 9.40. The second kappa shape index (κ2) is 12.6. The van der Waals surface area contributed by atoms with Crippen molar-refractivity contribution < 1.29 is 29.1 Å². The van der Waals surface area contributed by atoms with E-state index in [4.69, 9.17) is 25.6 Å². The van der Waals surface area contributed by atoms with Crippen LogP contribution in [0, 0.1) is 11.3 Å². The fourth-order valence-corrected chi connectivity index (χ4v) is 4.82. The number of nitrogens with zero attached hydrogens (tertiary/aromatic N) is 2. The molecule has 41 heavy (non-hydrogen) atoms. The third kappa shape index (κ3) is 7.66. The maximum Gasteiger partial charge on any atom is 0.494 e. The Hall–Kier alpha value is -3.42. The van der Waals surface area contributed by atoms with Gasteiger partial charge in [0.25, 0.3) is 0 Å². The number of ether oxygens (including phenoxy) is 1. The molecule has 10 heteroatoms. The third-order valence-corrected chi connectivity index (χ3v) is 7.91. The van der Waals surface area contributed by atoms with Crippen molar-refractivity contribution in [3.05, 3.63) is 87.6 Å². The van der Waals surface area contributed by atoms with Gasteiger partial charge in [0.05, 0.1) is 35.4 Å². The molecule has 1 aliphatic heterocycles.